The number of benzene rings is 2. The van der Waals surface area contributed by atoms with Gasteiger partial charge < -0.3 is 0 Å². The van der Waals surface area contributed by atoms with E-state index in [2.05, 4.69) is 47.4 Å². The quantitative estimate of drug-likeness (QED) is 0.692. The molecule has 2 heterocycles. The minimum absolute atomic E-state index is 0.597. The molecule has 0 amide bonds. The molecule has 0 aromatic heterocycles. The normalized spacial score (nSPS) is 26.5. The maximum absolute atomic E-state index is 2.77. The van der Waals surface area contributed by atoms with Crippen LogP contribution in [0.1, 0.15) is 59.0 Å². The molecular formula is C21H23N. The van der Waals surface area contributed by atoms with Gasteiger partial charge in [-0.1, -0.05) is 48.9 Å². The molecule has 22 heavy (non-hydrogen) atoms. The highest BCUT2D eigenvalue weighted by atomic mass is 15.2. The molecule has 0 saturated carbocycles. The van der Waals surface area contributed by atoms with Crippen molar-refractivity contribution in [3.63, 3.8) is 0 Å². The maximum atomic E-state index is 2.77. The van der Waals surface area contributed by atoms with E-state index < -0.39 is 0 Å². The standard InChI is InChI=1S/C21H23N/c1-2-8-17-15(6-1)11-12-16-7-5-9-18-20-10-3-4-13-22(20)14-19(17)21(16)18/h1-2,5-9,19-20H,3-4,10-14H2/t19-,20-/m0/s1. The van der Waals surface area contributed by atoms with E-state index in [1.807, 2.05) is 0 Å². The van der Waals surface area contributed by atoms with Gasteiger partial charge in [0.2, 0.25) is 0 Å². The van der Waals surface area contributed by atoms with Crippen molar-refractivity contribution >= 4 is 0 Å². The van der Waals surface area contributed by atoms with Gasteiger partial charge in [0.05, 0.1) is 0 Å². The van der Waals surface area contributed by atoms with E-state index in [9.17, 15) is 0 Å². The van der Waals surface area contributed by atoms with Crippen molar-refractivity contribution in [1.82, 2.24) is 4.90 Å². The van der Waals surface area contributed by atoms with Gasteiger partial charge >= 0.3 is 0 Å². The molecule has 1 nitrogen and oxygen atoms in total. The van der Waals surface area contributed by atoms with Gasteiger partial charge in [-0.2, -0.15) is 0 Å². The third-order valence-corrected chi connectivity index (χ3v) is 6.06. The summed E-state index contributed by atoms with van der Waals surface area (Å²) in [7, 11) is 0. The lowest BCUT2D eigenvalue weighted by Crippen LogP contribution is -2.41. The van der Waals surface area contributed by atoms with Gasteiger partial charge in [-0.15, -0.1) is 0 Å². The van der Waals surface area contributed by atoms with Crippen molar-refractivity contribution in [3.8, 4) is 0 Å². The summed E-state index contributed by atoms with van der Waals surface area (Å²) in [5.41, 5.74) is 8.12. The lowest BCUT2D eigenvalue weighted by atomic mass is 9.77. The Morgan fingerprint density at radius 3 is 2.64 bits per heavy atom. The average Bonchev–Trinajstić information content (AvgIpc) is 2.74. The van der Waals surface area contributed by atoms with Gasteiger partial charge in [0.25, 0.3) is 0 Å². The summed E-state index contributed by atoms with van der Waals surface area (Å²) >= 11 is 0. The fourth-order valence-electron chi connectivity index (χ4n) is 5.08. The minimum atomic E-state index is 0.597. The van der Waals surface area contributed by atoms with Crippen LogP contribution in [-0.4, -0.2) is 18.0 Å². The molecule has 3 aliphatic rings. The first-order chi connectivity index (χ1) is 10.9. The number of rotatable bonds is 0. The van der Waals surface area contributed by atoms with E-state index in [-0.39, 0.29) is 0 Å². The molecule has 1 heteroatoms. The van der Waals surface area contributed by atoms with Crippen LogP contribution in [0.5, 0.6) is 0 Å². The highest BCUT2D eigenvalue weighted by Gasteiger charge is 2.37. The van der Waals surface area contributed by atoms with E-state index >= 15 is 0 Å². The summed E-state index contributed by atoms with van der Waals surface area (Å²) in [6, 6.07) is 17.0. The number of nitrogens with zero attached hydrogens (tertiary/aromatic N) is 1. The minimum Gasteiger partial charge on any atom is -0.295 e. The fourth-order valence-corrected chi connectivity index (χ4v) is 5.08. The second-order valence-electron chi connectivity index (χ2n) is 7.18. The van der Waals surface area contributed by atoms with Crippen molar-refractivity contribution in [1.29, 1.82) is 0 Å². The van der Waals surface area contributed by atoms with Gasteiger partial charge in [-0.05, 0) is 60.0 Å². The van der Waals surface area contributed by atoms with Crippen LogP contribution in [0, 0.1) is 0 Å². The van der Waals surface area contributed by atoms with Crippen LogP contribution in [0.3, 0.4) is 0 Å². The Morgan fingerprint density at radius 1 is 0.818 bits per heavy atom. The topological polar surface area (TPSA) is 3.24 Å². The highest BCUT2D eigenvalue weighted by molar-refractivity contribution is 5.51. The third kappa shape index (κ3) is 1.82. The van der Waals surface area contributed by atoms with Gasteiger partial charge in [-0.3, -0.25) is 4.90 Å². The number of fused-ring (bicyclic) bond motifs is 4. The van der Waals surface area contributed by atoms with Crippen LogP contribution >= 0.6 is 0 Å². The van der Waals surface area contributed by atoms with E-state index in [0.717, 1.165) is 0 Å². The Bertz CT molecular complexity index is 718. The first kappa shape index (κ1) is 12.9. The zero-order chi connectivity index (χ0) is 14.5. The molecule has 2 aliphatic heterocycles. The van der Waals surface area contributed by atoms with Crippen molar-refractivity contribution in [2.75, 3.05) is 13.1 Å². The zero-order valence-electron chi connectivity index (χ0n) is 13.1. The Balaban J connectivity index is 1.74. The predicted molar refractivity (Wildman–Crippen MR) is 90.3 cm³/mol. The van der Waals surface area contributed by atoms with E-state index in [1.165, 1.54) is 45.2 Å². The smallest absolute Gasteiger partial charge is 0.0351 e. The third-order valence-electron chi connectivity index (χ3n) is 6.06. The largest absolute Gasteiger partial charge is 0.295 e. The van der Waals surface area contributed by atoms with Crippen LogP contribution in [-0.2, 0) is 12.8 Å². The van der Waals surface area contributed by atoms with Gasteiger partial charge in [-0.25, -0.2) is 0 Å². The molecule has 2 aromatic rings. The highest BCUT2D eigenvalue weighted by Crippen LogP contribution is 2.46. The Morgan fingerprint density at radius 2 is 1.64 bits per heavy atom. The van der Waals surface area contributed by atoms with Crippen LogP contribution < -0.4 is 0 Å². The summed E-state index contributed by atoms with van der Waals surface area (Å²) in [6.45, 7) is 2.51. The summed E-state index contributed by atoms with van der Waals surface area (Å²) in [5.74, 6) is 0.597. The number of aryl methyl sites for hydroxylation is 2. The predicted octanol–water partition coefficient (Wildman–Crippen LogP) is 4.46. The molecule has 0 spiro atoms. The molecule has 0 unspecified atom stereocenters. The second kappa shape index (κ2) is 4.96. The lowest BCUT2D eigenvalue weighted by molar-refractivity contribution is 0.130. The number of hydrogen-bond donors (Lipinski definition) is 0. The zero-order valence-corrected chi connectivity index (χ0v) is 13.1. The van der Waals surface area contributed by atoms with Gasteiger partial charge in [0.1, 0.15) is 0 Å². The first-order valence-corrected chi connectivity index (χ1v) is 8.85. The SMILES string of the molecule is c1ccc2c(c1)CCc1cccc3c1[C@H]2CN1CCCC[C@@H]31. The summed E-state index contributed by atoms with van der Waals surface area (Å²) in [6.07, 6.45) is 6.54. The molecule has 1 saturated heterocycles. The molecular weight excluding hydrogens is 266 g/mol. The molecule has 0 bridgehead atoms. The van der Waals surface area contributed by atoms with Crippen molar-refractivity contribution < 1.29 is 0 Å². The molecule has 1 fully saturated rings. The Kier molecular flexibility index (Phi) is 2.91. The molecule has 0 N–H and O–H groups in total. The van der Waals surface area contributed by atoms with Gasteiger partial charge in [0, 0.05) is 18.5 Å². The number of hydrogen-bond acceptors (Lipinski definition) is 1. The lowest BCUT2D eigenvalue weighted by Gasteiger charge is -2.44. The molecule has 5 rings (SSSR count). The average molecular weight is 289 g/mol. The van der Waals surface area contributed by atoms with Gasteiger partial charge in [0.15, 0.2) is 0 Å². The summed E-state index contributed by atoms with van der Waals surface area (Å²) < 4.78 is 0. The Labute approximate surface area is 133 Å². The molecule has 0 radical (unpaired) electrons. The van der Waals surface area contributed by atoms with E-state index in [1.54, 1.807) is 27.8 Å². The van der Waals surface area contributed by atoms with Crippen molar-refractivity contribution in [2.45, 2.75) is 44.1 Å². The molecule has 2 atom stereocenters. The van der Waals surface area contributed by atoms with Crippen LogP contribution in [0.4, 0.5) is 0 Å². The molecule has 112 valence electrons. The molecule has 1 aliphatic carbocycles. The first-order valence-electron chi connectivity index (χ1n) is 8.85. The number of piperidine rings is 1. The van der Waals surface area contributed by atoms with Crippen molar-refractivity contribution in [3.05, 3.63) is 70.3 Å². The molecule has 2 aromatic carbocycles. The fraction of sp³-hybridized carbons (Fsp3) is 0.429. The van der Waals surface area contributed by atoms with E-state index in [4.69, 9.17) is 0 Å². The van der Waals surface area contributed by atoms with Crippen LogP contribution in [0.25, 0.3) is 0 Å². The second-order valence-corrected chi connectivity index (χ2v) is 7.18. The van der Waals surface area contributed by atoms with Crippen LogP contribution in [0.15, 0.2) is 42.5 Å². The summed E-state index contributed by atoms with van der Waals surface area (Å²) in [5, 5.41) is 0. The van der Waals surface area contributed by atoms with E-state index in [0.29, 0.717) is 12.0 Å². The van der Waals surface area contributed by atoms with Crippen LogP contribution in [0.2, 0.25) is 0 Å². The maximum Gasteiger partial charge on any atom is 0.0351 e. The Hall–Kier alpha value is -1.60. The summed E-state index contributed by atoms with van der Waals surface area (Å²) in [4.78, 5) is 2.77. The van der Waals surface area contributed by atoms with Crippen molar-refractivity contribution in [2.24, 2.45) is 0 Å². The monoisotopic (exact) mass is 289 g/mol.